The van der Waals surface area contributed by atoms with Gasteiger partial charge in [0.25, 0.3) is 17.4 Å². The summed E-state index contributed by atoms with van der Waals surface area (Å²) in [7, 11) is 0. The largest absolute Gasteiger partial charge is 0.482 e. The number of benzene rings is 1. The summed E-state index contributed by atoms with van der Waals surface area (Å²) in [6.07, 6.45) is 0. The fraction of sp³-hybridized carbons (Fsp3) is 0.211. The number of anilines is 1. The molecule has 1 aromatic carbocycles. The molecule has 3 aromatic rings. The van der Waals surface area contributed by atoms with Gasteiger partial charge in [0.05, 0.1) is 17.0 Å². The van der Waals surface area contributed by atoms with Gasteiger partial charge in [-0.05, 0) is 35.6 Å². The molecular formula is C19H16N4O6S. The first-order valence-electron chi connectivity index (χ1n) is 8.91. The summed E-state index contributed by atoms with van der Waals surface area (Å²) in [4.78, 5) is 54.5. The van der Waals surface area contributed by atoms with E-state index in [0.717, 1.165) is 11.3 Å². The molecule has 4 N–H and O–H groups in total. The Morgan fingerprint density at radius 1 is 1.37 bits per heavy atom. The van der Waals surface area contributed by atoms with Crippen LogP contribution in [0.2, 0.25) is 0 Å². The summed E-state index contributed by atoms with van der Waals surface area (Å²) >= 11 is 1.11. The smallest absolute Gasteiger partial charge is 0.310 e. The molecule has 4 rings (SSSR count). The van der Waals surface area contributed by atoms with Crippen LogP contribution in [0.1, 0.15) is 34.6 Å². The first kappa shape index (κ1) is 19.6. The number of thiophene rings is 1. The molecule has 1 aliphatic heterocycles. The number of hydrogen-bond donors (Lipinski definition) is 4. The molecule has 30 heavy (non-hydrogen) atoms. The molecule has 1 aliphatic rings. The Kier molecular flexibility index (Phi) is 4.96. The van der Waals surface area contributed by atoms with Crippen LogP contribution in [0, 0.1) is 0 Å². The van der Waals surface area contributed by atoms with Crippen molar-refractivity contribution < 1.29 is 24.2 Å². The van der Waals surface area contributed by atoms with Crippen molar-refractivity contribution in [3.8, 4) is 5.75 Å². The average molecular weight is 428 g/mol. The van der Waals surface area contributed by atoms with E-state index in [9.17, 15) is 24.3 Å². The molecule has 1 unspecified atom stereocenters. The van der Waals surface area contributed by atoms with E-state index in [1.807, 2.05) is 0 Å². The molecule has 0 fully saturated rings. The Hall–Kier alpha value is -3.73. The third-order valence-electron chi connectivity index (χ3n) is 4.65. The first-order chi connectivity index (χ1) is 14.3. The van der Waals surface area contributed by atoms with Crippen molar-refractivity contribution in [1.29, 1.82) is 0 Å². The number of hydrogen-bond acceptors (Lipinski definition) is 7. The van der Waals surface area contributed by atoms with Crippen LogP contribution in [0.5, 0.6) is 5.75 Å². The van der Waals surface area contributed by atoms with Gasteiger partial charge in [0.15, 0.2) is 6.61 Å². The van der Waals surface area contributed by atoms with E-state index in [2.05, 4.69) is 20.6 Å². The maximum Gasteiger partial charge on any atom is 0.310 e. The zero-order chi connectivity index (χ0) is 21.4. The van der Waals surface area contributed by atoms with Gasteiger partial charge in [0.1, 0.15) is 10.6 Å². The Balaban J connectivity index is 1.53. The fourth-order valence-corrected chi connectivity index (χ4v) is 4.07. The molecule has 0 spiro atoms. The fourth-order valence-electron chi connectivity index (χ4n) is 3.04. The minimum absolute atomic E-state index is 0.0414. The van der Waals surface area contributed by atoms with Gasteiger partial charge in [0, 0.05) is 6.54 Å². The van der Waals surface area contributed by atoms with E-state index in [4.69, 9.17) is 4.74 Å². The lowest BCUT2D eigenvalue weighted by Crippen LogP contribution is -2.28. The predicted octanol–water partition coefficient (Wildman–Crippen LogP) is 1.43. The van der Waals surface area contributed by atoms with Gasteiger partial charge in [-0.3, -0.25) is 19.2 Å². The van der Waals surface area contributed by atoms with Crippen LogP contribution in [0.15, 0.2) is 28.4 Å². The van der Waals surface area contributed by atoms with Crippen molar-refractivity contribution in [2.45, 2.75) is 19.4 Å². The Bertz CT molecular complexity index is 1250. The number of carboxylic acids is 1. The molecule has 2 amide bonds. The highest BCUT2D eigenvalue weighted by atomic mass is 32.1. The van der Waals surface area contributed by atoms with Gasteiger partial charge in [-0.1, -0.05) is 6.07 Å². The van der Waals surface area contributed by atoms with E-state index in [0.29, 0.717) is 27.4 Å². The highest BCUT2D eigenvalue weighted by Crippen LogP contribution is 2.29. The number of fused-ring (bicyclic) bond motifs is 2. The Labute approximate surface area is 172 Å². The van der Waals surface area contributed by atoms with E-state index in [1.54, 1.807) is 23.6 Å². The molecule has 0 saturated heterocycles. The number of aromatic amines is 1. The molecule has 154 valence electrons. The number of nitrogens with one attached hydrogen (secondary N) is 3. The number of carbonyl (C=O) groups is 3. The van der Waals surface area contributed by atoms with Gasteiger partial charge in [0.2, 0.25) is 5.82 Å². The number of H-pyrrole nitrogens is 1. The van der Waals surface area contributed by atoms with E-state index in [-0.39, 0.29) is 30.3 Å². The van der Waals surface area contributed by atoms with Gasteiger partial charge >= 0.3 is 5.97 Å². The molecule has 2 aromatic heterocycles. The molecule has 10 nitrogen and oxygen atoms in total. The molecule has 11 heteroatoms. The van der Waals surface area contributed by atoms with Crippen LogP contribution in [0.25, 0.3) is 10.2 Å². The number of rotatable bonds is 5. The molecule has 0 saturated carbocycles. The van der Waals surface area contributed by atoms with Crippen LogP contribution in [0.4, 0.5) is 5.69 Å². The van der Waals surface area contributed by atoms with Crippen molar-refractivity contribution in [1.82, 2.24) is 15.3 Å². The lowest BCUT2D eigenvalue weighted by atomic mass is 10.0. The Morgan fingerprint density at radius 2 is 2.17 bits per heavy atom. The van der Waals surface area contributed by atoms with Crippen molar-refractivity contribution in [3.05, 3.63) is 50.9 Å². The number of amides is 2. The van der Waals surface area contributed by atoms with Gasteiger partial charge in [-0.15, -0.1) is 11.3 Å². The summed E-state index contributed by atoms with van der Waals surface area (Å²) < 4.78 is 5.29. The molecule has 0 aliphatic carbocycles. The van der Waals surface area contributed by atoms with Gasteiger partial charge in [-0.25, -0.2) is 4.98 Å². The van der Waals surface area contributed by atoms with Crippen molar-refractivity contribution >= 4 is 45.0 Å². The minimum atomic E-state index is -1.05. The number of nitrogens with zero attached hydrogens (tertiary/aromatic N) is 1. The maximum absolute atomic E-state index is 12.5. The van der Waals surface area contributed by atoms with Crippen LogP contribution >= 0.6 is 11.3 Å². The summed E-state index contributed by atoms with van der Waals surface area (Å²) in [5.74, 6) is -2.39. The van der Waals surface area contributed by atoms with E-state index in [1.165, 1.54) is 6.92 Å². The molecule has 0 radical (unpaired) electrons. The van der Waals surface area contributed by atoms with Crippen LogP contribution in [0.3, 0.4) is 0 Å². The number of carboxylic acid groups (broad SMARTS) is 1. The second-order valence-corrected chi connectivity index (χ2v) is 7.55. The SMILES string of the molecule is CC(C(=O)O)c1csc2nc(C(=O)NCc3ccc4c(c3)NC(=O)CO4)[nH]c(=O)c12. The third kappa shape index (κ3) is 3.62. The number of ether oxygens (including phenoxy) is 1. The van der Waals surface area contributed by atoms with Crippen LogP contribution < -0.4 is 20.9 Å². The Morgan fingerprint density at radius 3 is 2.93 bits per heavy atom. The standard InChI is InChI=1S/C19H16N4O6S/c1-8(19(27)28)10-7-30-18-14(10)16(25)22-15(23-18)17(26)20-5-9-2-3-12-11(4-9)21-13(24)6-29-12/h2-4,7-8H,5-6H2,1H3,(H,20,26)(H,21,24)(H,27,28)(H,22,23,25). The highest BCUT2D eigenvalue weighted by molar-refractivity contribution is 7.16. The van der Waals surface area contributed by atoms with Crippen LogP contribution in [-0.2, 0) is 16.1 Å². The predicted molar refractivity (Wildman–Crippen MR) is 108 cm³/mol. The van der Waals surface area contributed by atoms with Crippen molar-refractivity contribution in [3.63, 3.8) is 0 Å². The van der Waals surface area contributed by atoms with Gasteiger partial charge in [-0.2, -0.15) is 0 Å². The number of aromatic nitrogens is 2. The van der Waals surface area contributed by atoms with E-state index < -0.39 is 23.4 Å². The van der Waals surface area contributed by atoms with Gasteiger partial charge < -0.3 is 25.5 Å². The second kappa shape index (κ2) is 7.59. The number of carbonyl (C=O) groups excluding carboxylic acids is 2. The molecule has 1 atom stereocenters. The van der Waals surface area contributed by atoms with Crippen molar-refractivity contribution in [2.24, 2.45) is 0 Å². The third-order valence-corrected chi connectivity index (χ3v) is 5.54. The van der Waals surface area contributed by atoms with E-state index >= 15 is 0 Å². The second-order valence-electron chi connectivity index (χ2n) is 6.70. The van der Waals surface area contributed by atoms with Crippen molar-refractivity contribution in [2.75, 3.05) is 11.9 Å². The summed E-state index contributed by atoms with van der Waals surface area (Å²) in [6.45, 7) is 1.58. The topological polar surface area (TPSA) is 150 Å². The quantitative estimate of drug-likeness (QED) is 0.480. The highest BCUT2D eigenvalue weighted by Gasteiger charge is 2.22. The lowest BCUT2D eigenvalue weighted by Gasteiger charge is -2.18. The molecule has 0 bridgehead atoms. The normalized spacial score (nSPS) is 13.8. The first-order valence-corrected chi connectivity index (χ1v) is 9.79. The molecular weight excluding hydrogens is 412 g/mol. The summed E-state index contributed by atoms with van der Waals surface area (Å²) in [6, 6.07) is 5.12. The molecule has 3 heterocycles. The maximum atomic E-state index is 12.5. The average Bonchev–Trinajstić information content (AvgIpc) is 3.15. The number of aliphatic carboxylic acids is 1. The lowest BCUT2D eigenvalue weighted by molar-refractivity contribution is -0.138. The van der Waals surface area contributed by atoms with Crippen LogP contribution in [-0.4, -0.2) is 39.5 Å². The summed E-state index contributed by atoms with van der Waals surface area (Å²) in [5.41, 5.74) is 1.03. The zero-order valence-corrected chi connectivity index (χ0v) is 16.5. The summed E-state index contributed by atoms with van der Waals surface area (Å²) in [5, 5.41) is 16.3. The monoisotopic (exact) mass is 428 g/mol. The minimum Gasteiger partial charge on any atom is -0.482 e. The zero-order valence-electron chi connectivity index (χ0n) is 15.6.